The lowest BCUT2D eigenvalue weighted by atomic mass is 9.92. The minimum absolute atomic E-state index is 0.0979. The van der Waals surface area contributed by atoms with Crippen LogP contribution in [-0.2, 0) is 5.67 Å². The molecule has 0 fully saturated rings. The van der Waals surface area contributed by atoms with Gasteiger partial charge in [0.05, 0.1) is 16.7 Å². The molecule has 5 nitrogen and oxygen atoms in total. The van der Waals surface area contributed by atoms with Gasteiger partial charge in [-0.2, -0.15) is 31.6 Å². The molecule has 1 amide bonds. The minimum atomic E-state index is -6.27. The van der Waals surface area contributed by atoms with Gasteiger partial charge in [-0.25, -0.2) is 4.39 Å². The lowest BCUT2D eigenvalue weighted by molar-refractivity contribution is -0.348. The van der Waals surface area contributed by atoms with Crippen LogP contribution in [0.5, 0.6) is 0 Å². The monoisotopic (exact) mass is 525 g/mol. The van der Waals surface area contributed by atoms with Gasteiger partial charge < -0.3 is 15.7 Å². The van der Waals surface area contributed by atoms with E-state index in [0.29, 0.717) is 12.1 Å². The van der Waals surface area contributed by atoms with Crippen LogP contribution in [0.15, 0.2) is 36.4 Å². The first-order chi connectivity index (χ1) is 15.9. The van der Waals surface area contributed by atoms with Crippen molar-refractivity contribution in [1.82, 2.24) is 5.32 Å². The number of nitriles is 1. The third-order valence-corrected chi connectivity index (χ3v) is 5.29. The van der Waals surface area contributed by atoms with Crippen molar-refractivity contribution in [3.63, 3.8) is 0 Å². The van der Waals surface area contributed by atoms with Gasteiger partial charge in [-0.15, -0.1) is 0 Å². The number of benzene rings is 2. The van der Waals surface area contributed by atoms with Crippen LogP contribution in [0.1, 0.15) is 47.1 Å². The van der Waals surface area contributed by atoms with E-state index in [-0.39, 0.29) is 27.4 Å². The molecule has 2 aromatic carbocycles. The highest BCUT2D eigenvalue weighted by atomic mass is 35.5. The Kier molecular flexibility index (Phi) is 7.69. The zero-order valence-corrected chi connectivity index (χ0v) is 19.1. The van der Waals surface area contributed by atoms with Crippen LogP contribution in [0.25, 0.3) is 0 Å². The highest BCUT2D eigenvalue weighted by molar-refractivity contribution is 6.34. The summed E-state index contributed by atoms with van der Waals surface area (Å²) in [7, 11) is 0. The molecule has 0 aliphatic carbocycles. The van der Waals surface area contributed by atoms with Gasteiger partial charge in [0.2, 0.25) is 0 Å². The van der Waals surface area contributed by atoms with Crippen LogP contribution in [0, 0.1) is 18.3 Å². The normalized spacial score (nSPS) is 13.7. The van der Waals surface area contributed by atoms with E-state index in [4.69, 9.17) is 16.9 Å². The molecule has 0 bridgehead atoms. The smallest absolute Gasteiger partial charge is 0.369 e. The lowest BCUT2D eigenvalue weighted by Crippen LogP contribution is -2.50. The maximum atomic E-state index is 14.3. The van der Waals surface area contributed by atoms with Crippen molar-refractivity contribution >= 4 is 23.2 Å². The number of carbonyl (C=O) groups is 1. The van der Waals surface area contributed by atoms with Crippen LogP contribution in [-0.4, -0.2) is 28.9 Å². The van der Waals surface area contributed by atoms with Crippen molar-refractivity contribution < 1.29 is 40.6 Å². The molecule has 35 heavy (non-hydrogen) atoms. The summed E-state index contributed by atoms with van der Waals surface area (Å²) < 4.78 is 92.5. The first kappa shape index (κ1) is 28.2. The Morgan fingerprint density at radius 3 is 2.11 bits per heavy atom. The summed E-state index contributed by atoms with van der Waals surface area (Å²) in [6.45, 7) is 3.92. The maximum absolute atomic E-state index is 14.3. The van der Waals surface area contributed by atoms with Crippen molar-refractivity contribution in [3.05, 3.63) is 63.7 Å². The molecule has 2 aromatic rings. The molecule has 0 aliphatic heterocycles. The topological polar surface area (TPSA) is 85.2 Å². The molecule has 190 valence electrons. The molecule has 1 unspecified atom stereocenters. The fourth-order valence-electron chi connectivity index (χ4n) is 3.14. The predicted octanol–water partition coefficient (Wildman–Crippen LogP) is 6.07. The molecular formula is C22H19ClF7N3O2. The fourth-order valence-corrected chi connectivity index (χ4v) is 3.40. The SMILES string of the molecule is Cc1cc(C(F)(C(F)(F)F)C(F)(F)F)ccc1NC(O)c1cccc(Cl)c1C(=O)NC(C)(C)C#N. The summed E-state index contributed by atoms with van der Waals surface area (Å²) in [4.78, 5) is 12.7. The van der Waals surface area contributed by atoms with Gasteiger partial charge in [-0.1, -0.05) is 35.9 Å². The van der Waals surface area contributed by atoms with Gasteiger partial charge in [0.15, 0.2) is 6.23 Å². The number of anilines is 1. The number of carbonyl (C=O) groups excluding carboxylic acids is 1. The van der Waals surface area contributed by atoms with Gasteiger partial charge in [0.1, 0.15) is 5.54 Å². The van der Waals surface area contributed by atoms with Crippen molar-refractivity contribution in [2.75, 3.05) is 5.32 Å². The number of amides is 1. The van der Waals surface area contributed by atoms with Crippen molar-refractivity contribution in [2.45, 2.75) is 50.6 Å². The van der Waals surface area contributed by atoms with E-state index in [0.717, 1.165) is 13.0 Å². The van der Waals surface area contributed by atoms with E-state index >= 15 is 0 Å². The summed E-state index contributed by atoms with van der Waals surface area (Å²) >= 11 is 6.09. The molecule has 0 aromatic heterocycles. The van der Waals surface area contributed by atoms with Crippen LogP contribution in [0.2, 0.25) is 5.02 Å². The molecule has 0 spiro atoms. The molecule has 2 rings (SSSR count). The van der Waals surface area contributed by atoms with Gasteiger partial charge in [0.25, 0.3) is 5.91 Å². The van der Waals surface area contributed by atoms with Crippen LogP contribution < -0.4 is 10.6 Å². The second-order valence-corrected chi connectivity index (χ2v) is 8.53. The van der Waals surface area contributed by atoms with E-state index in [2.05, 4.69) is 10.6 Å². The summed E-state index contributed by atoms with van der Waals surface area (Å²) in [6.07, 6.45) is -14.3. The molecule has 0 saturated carbocycles. The number of aliphatic hydroxyl groups is 1. The molecule has 1 atom stereocenters. The van der Waals surface area contributed by atoms with E-state index in [9.17, 15) is 40.6 Å². The summed E-state index contributed by atoms with van der Waals surface area (Å²) in [5, 5.41) is 24.5. The highest BCUT2D eigenvalue weighted by Gasteiger charge is 2.73. The second kappa shape index (κ2) is 9.54. The van der Waals surface area contributed by atoms with E-state index in [1.807, 2.05) is 6.07 Å². The predicted molar refractivity (Wildman–Crippen MR) is 113 cm³/mol. The van der Waals surface area contributed by atoms with Crippen molar-refractivity contribution in [1.29, 1.82) is 5.26 Å². The first-order valence-electron chi connectivity index (χ1n) is 9.76. The molecular weight excluding hydrogens is 507 g/mol. The number of hydrogen-bond acceptors (Lipinski definition) is 4. The zero-order chi connectivity index (χ0) is 27.0. The molecule has 0 saturated heterocycles. The van der Waals surface area contributed by atoms with E-state index in [1.54, 1.807) is 0 Å². The number of rotatable bonds is 6. The lowest BCUT2D eigenvalue weighted by Gasteiger charge is -2.31. The van der Waals surface area contributed by atoms with Crippen molar-refractivity contribution in [3.8, 4) is 6.07 Å². The second-order valence-electron chi connectivity index (χ2n) is 8.13. The Morgan fingerprint density at radius 1 is 1.06 bits per heavy atom. The first-order valence-corrected chi connectivity index (χ1v) is 10.1. The molecule has 3 N–H and O–H groups in total. The number of halogens is 8. The van der Waals surface area contributed by atoms with Gasteiger partial charge in [0, 0.05) is 16.8 Å². The Hall–Kier alpha value is -3.04. The Labute approximate surface area is 200 Å². The van der Waals surface area contributed by atoms with Crippen molar-refractivity contribution in [2.24, 2.45) is 0 Å². The standard InChI is InChI=1S/C22H19ClF7N3O2/c1-11-9-12(20(24,21(25,26)27)22(28,29)30)7-8-15(11)32-17(34)13-5-4-6-14(23)16(13)18(35)33-19(2,3)10-31/h4-9,17,32,34H,1-3H3,(H,33,35). The number of aryl methyl sites for hydroxylation is 1. The Balaban J connectivity index is 2.44. The molecule has 13 heteroatoms. The molecule has 0 heterocycles. The number of nitrogens with zero attached hydrogens (tertiary/aromatic N) is 1. The summed E-state index contributed by atoms with van der Waals surface area (Å²) in [5.41, 5.74) is -9.30. The van der Waals surface area contributed by atoms with E-state index in [1.165, 1.54) is 32.0 Å². The number of hydrogen-bond donors (Lipinski definition) is 3. The summed E-state index contributed by atoms with van der Waals surface area (Å²) in [5.74, 6) is -0.817. The third-order valence-electron chi connectivity index (χ3n) is 4.97. The van der Waals surface area contributed by atoms with Crippen LogP contribution in [0.4, 0.5) is 36.4 Å². The van der Waals surface area contributed by atoms with Gasteiger partial charge in [-0.05, 0) is 38.5 Å². The van der Waals surface area contributed by atoms with Gasteiger partial charge >= 0.3 is 18.0 Å². The Morgan fingerprint density at radius 2 is 1.63 bits per heavy atom. The van der Waals surface area contributed by atoms with Gasteiger partial charge in [-0.3, -0.25) is 4.79 Å². The fraction of sp³-hybridized carbons (Fsp3) is 0.364. The average Bonchev–Trinajstić information content (AvgIpc) is 2.72. The minimum Gasteiger partial charge on any atom is -0.369 e. The number of nitrogens with one attached hydrogen (secondary N) is 2. The Bertz CT molecular complexity index is 1140. The summed E-state index contributed by atoms with van der Waals surface area (Å²) in [6, 6.07) is 7.26. The average molecular weight is 526 g/mol. The highest BCUT2D eigenvalue weighted by Crippen LogP contribution is 2.53. The largest absolute Gasteiger partial charge is 0.435 e. The van der Waals surface area contributed by atoms with Crippen LogP contribution in [0.3, 0.4) is 0 Å². The molecule has 0 radical (unpaired) electrons. The van der Waals surface area contributed by atoms with E-state index < -0.39 is 41.3 Å². The maximum Gasteiger partial charge on any atom is 0.435 e. The molecule has 0 aliphatic rings. The number of aliphatic hydroxyl groups excluding tert-OH is 1. The number of alkyl halides is 7. The van der Waals surface area contributed by atoms with Crippen LogP contribution >= 0.6 is 11.6 Å². The zero-order valence-electron chi connectivity index (χ0n) is 18.4. The quantitative estimate of drug-likeness (QED) is 0.315. The third kappa shape index (κ3) is 5.62.